The van der Waals surface area contributed by atoms with Crippen molar-refractivity contribution in [2.24, 2.45) is 0 Å². The highest BCUT2D eigenvalue weighted by Crippen LogP contribution is 2.32. The second-order valence-corrected chi connectivity index (χ2v) is 5.27. The fraction of sp³-hybridized carbons (Fsp3) is 0.300. The van der Waals surface area contributed by atoms with Crippen LogP contribution in [0.3, 0.4) is 0 Å². The second-order valence-electron chi connectivity index (χ2n) is 3.69. The number of nitrogen functional groups attached to an aromatic ring is 1. The Morgan fingerprint density at radius 2 is 2.25 bits per heavy atom. The molecule has 1 aliphatic rings. The average Bonchev–Trinajstić information content (AvgIpc) is 2.51. The first-order valence-electron chi connectivity index (χ1n) is 4.72. The monoisotopic (exact) mass is 304 g/mol. The first kappa shape index (κ1) is 11.7. The van der Waals surface area contributed by atoms with Gasteiger partial charge in [0.1, 0.15) is 5.82 Å². The van der Waals surface area contributed by atoms with Gasteiger partial charge in [-0.15, -0.1) is 0 Å². The molecule has 0 aromatic heterocycles. The lowest BCUT2D eigenvalue weighted by molar-refractivity contribution is -0.117. The van der Waals surface area contributed by atoms with E-state index in [1.807, 2.05) is 0 Å². The van der Waals surface area contributed by atoms with Crippen molar-refractivity contribution in [1.82, 2.24) is 0 Å². The standard InChI is InChI=1S/C10H10BrFN2OS/c11-6-2-8(13)9(3-7(6)12)14-4-5(16)1-10(14)15/h2-3,5,16H,1,4,13H2. The Morgan fingerprint density at radius 1 is 1.56 bits per heavy atom. The van der Waals surface area contributed by atoms with E-state index in [1.54, 1.807) is 0 Å². The number of carbonyl (C=O) groups is 1. The predicted molar refractivity (Wildman–Crippen MR) is 68.3 cm³/mol. The average molecular weight is 305 g/mol. The fourth-order valence-corrected chi connectivity index (χ4v) is 2.39. The summed E-state index contributed by atoms with van der Waals surface area (Å²) in [5.41, 5.74) is 6.56. The summed E-state index contributed by atoms with van der Waals surface area (Å²) in [5.74, 6) is -0.506. The van der Waals surface area contributed by atoms with Gasteiger partial charge in [-0.1, -0.05) is 0 Å². The molecule has 1 aromatic carbocycles. The number of amides is 1. The summed E-state index contributed by atoms with van der Waals surface area (Å²) in [6.07, 6.45) is 0.361. The van der Waals surface area contributed by atoms with E-state index in [0.717, 1.165) is 0 Å². The molecule has 0 saturated carbocycles. The Morgan fingerprint density at radius 3 is 2.81 bits per heavy atom. The van der Waals surface area contributed by atoms with E-state index in [4.69, 9.17) is 5.73 Å². The van der Waals surface area contributed by atoms with Gasteiger partial charge >= 0.3 is 0 Å². The van der Waals surface area contributed by atoms with E-state index in [2.05, 4.69) is 28.6 Å². The summed E-state index contributed by atoms with van der Waals surface area (Å²) in [5, 5.41) is -0.0152. The van der Waals surface area contributed by atoms with Gasteiger partial charge in [0.15, 0.2) is 0 Å². The molecule has 16 heavy (non-hydrogen) atoms. The molecule has 1 fully saturated rings. The van der Waals surface area contributed by atoms with Crippen molar-refractivity contribution in [3.63, 3.8) is 0 Å². The van der Waals surface area contributed by atoms with Crippen molar-refractivity contribution in [2.75, 3.05) is 17.2 Å². The number of benzene rings is 1. The third-order valence-corrected chi connectivity index (χ3v) is 3.42. The van der Waals surface area contributed by atoms with E-state index in [9.17, 15) is 9.18 Å². The maximum Gasteiger partial charge on any atom is 0.228 e. The molecular weight excluding hydrogens is 295 g/mol. The Hall–Kier alpha value is -0.750. The van der Waals surface area contributed by atoms with E-state index in [-0.39, 0.29) is 11.2 Å². The van der Waals surface area contributed by atoms with Gasteiger partial charge in [-0.2, -0.15) is 12.6 Å². The van der Waals surface area contributed by atoms with Crippen LogP contribution in [0.4, 0.5) is 15.8 Å². The van der Waals surface area contributed by atoms with Crippen molar-refractivity contribution in [3.8, 4) is 0 Å². The van der Waals surface area contributed by atoms with Gasteiger partial charge in [-0.05, 0) is 22.0 Å². The van der Waals surface area contributed by atoms with Crippen molar-refractivity contribution in [3.05, 3.63) is 22.4 Å². The maximum absolute atomic E-state index is 13.4. The molecule has 1 aliphatic heterocycles. The van der Waals surface area contributed by atoms with E-state index >= 15 is 0 Å². The van der Waals surface area contributed by atoms with Crippen molar-refractivity contribution >= 4 is 45.8 Å². The molecule has 2 N–H and O–H groups in total. The van der Waals surface area contributed by atoms with Crippen molar-refractivity contribution in [2.45, 2.75) is 11.7 Å². The Bertz CT molecular complexity index is 455. The predicted octanol–water partition coefficient (Wildman–Crippen LogP) is 2.21. The molecule has 2 rings (SSSR count). The molecule has 1 unspecified atom stereocenters. The number of rotatable bonds is 1. The van der Waals surface area contributed by atoms with E-state index in [0.29, 0.717) is 28.8 Å². The summed E-state index contributed by atoms with van der Waals surface area (Å²) < 4.78 is 13.7. The van der Waals surface area contributed by atoms with Gasteiger partial charge in [0.2, 0.25) is 5.91 Å². The highest BCUT2D eigenvalue weighted by molar-refractivity contribution is 9.10. The zero-order valence-corrected chi connectivity index (χ0v) is 10.8. The molecule has 0 spiro atoms. The van der Waals surface area contributed by atoms with Gasteiger partial charge in [0.05, 0.1) is 15.8 Å². The zero-order chi connectivity index (χ0) is 11.9. The summed E-state index contributed by atoms with van der Waals surface area (Å²) in [6, 6.07) is 2.73. The molecule has 1 heterocycles. The van der Waals surface area contributed by atoms with Gasteiger partial charge in [0, 0.05) is 24.3 Å². The largest absolute Gasteiger partial charge is 0.397 e. The molecule has 1 atom stereocenters. The normalized spacial score (nSPS) is 20.6. The van der Waals surface area contributed by atoms with Crippen LogP contribution in [0.1, 0.15) is 6.42 Å². The minimum atomic E-state index is -0.431. The number of nitrogens with zero attached hydrogens (tertiary/aromatic N) is 1. The summed E-state index contributed by atoms with van der Waals surface area (Å²) >= 11 is 7.28. The lowest BCUT2D eigenvalue weighted by Crippen LogP contribution is -2.25. The fourth-order valence-electron chi connectivity index (χ4n) is 1.71. The minimum Gasteiger partial charge on any atom is -0.397 e. The van der Waals surface area contributed by atoms with Crippen molar-refractivity contribution < 1.29 is 9.18 Å². The summed E-state index contributed by atoms with van der Waals surface area (Å²) in [4.78, 5) is 13.1. The van der Waals surface area contributed by atoms with Gasteiger partial charge in [-0.25, -0.2) is 4.39 Å². The summed E-state index contributed by atoms with van der Waals surface area (Å²) in [6.45, 7) is 0.465. The zero-order valence-electron chi connectivity index (χ0n) is 8.28. The highest BCUT2D eigenvalue weighted by atomic mass is 79.9. The van der Waals surface area contributed by atoms with Crippen LogP contribution >= 0.6 is 28.6 Å². The molecule has 3 nitrogen and oxygen atoms in total. The third kappa shape index (κ3) is 2.04. The molecule has 0 bridgehead atoms. The number of carbonyl (C=O) groups excluding carboxylic acids is 1. The van der Waals surface area contributed by atoms with Gasteiger partial charge < -0.3 is 10.6 Å². The quantitative estimate of drug-likeness (QED) is 0.617. The molecule has 1 aromatic rings. The van der Waals surface area contributed by atoms with Crippen LogP contribution in [0.25, 0.3) is 0 Å². The van der Waals surface area contributed by atoms with Gasteiger partial charge in [0.25, 0.3) is 0 Å². The number of nitrogens with two attached hydrogens (primary N) is 1. The Kier molecular flexibility index (Phi) is 3.12. The first-order chi connectivity index (χ1) is 7.49. The van der Waals surface area contributed by atoms with Crippen LogP contribution < -0.4 is 10.6 Å². The second kappa shape index (κ2) is 4.25. The first-order valence-corrected chi connectivity index (χ1v) is 6.03. The number of hydrogen-bond donors (Lipinski definition) is 2. The SMILES string of the molecule is Nc1cc(Br)c(F)cc1N1CC(S)CC1=O. The van der Waals surface area contributed by atoms with Crippen LogP contribution in [0.15, 0.2) is 16.6 Å². The molecule has 1 saturated heterocycles. The topological polar surface area (TPSA) is 46.3 Å². The van der Waals surface area contributed by atoms with Gasteiger partial charge in [-0.3, -0.25) is 4.79 Å². The van der Waals surface area contributed by atoms with Crippen LogP contribution in [0, 0.1) is 5.82 Å². The molecule has 0 aliphatic carbocycles. The molecule has 0 radical (unpaired) electrons. The third-order valence-electron chi connectivity index (χ3n) is 2.47. The number of thiol groups is 1. The Labute approximate surface area is 106 Å². The maximum atomic E-state index is 13.4. The molecule has 6 heteroatoms. The Balaban J connectivity index is 2.41. The lowest BCUT2D eigenvalue weighted by atomic mass is 10.2. The van der Waals surface area contributed by atoms with Crippen LogP contribution in [-0.2, 0) is 4.79 Å². The minimum absolute atomic E-state index is 0.0152. The smallest absolute Gasteiger partial charge is 0.228 e. The molecule has 1 amide bonds. The molecule has 86 valence electrons. The van der Waals surface area contributed by atoms with Crippen molar-refractivity contribution in [1.29, 1.82) is 0 Å². The highest BCUT2D eigenvalue weighted by Gasteiger charge is 2.29. The number of halogens is 2. The van der Waals surface area contributed by atoms with Crippen LogP contribution in [0.2, 0.25) is 0 Å². The van der Waals surface area contributed by atoms with Crippen LogP contribution in [-0.4, -0.2) is 17.7 Å². The van der Waals surface area contributed by atoms with E-state index < -0.39 is 5.82 Å². The van der Waals surface area contributed by atoms with Crippen LogP contribution in [0.5, 0.6) is 0 Å². The lowest BCUT2D eigenvalue weighted by Gasteiger charge is -2.18. The van der Waals surface area contributed by atoms with E-state index in [1.165, 1.54) is 17.0 Å². The molecular formula is C10H10BrFN2OS. The number of hydrogen-bond acceptors (Lipinski definition) is 3. The number of anilines is 2. The summed E-state index contributed by atoms with van der Waals surface area (Å²) in [7, 11) is 0.